The second-order valence-corrected chi connectivity index (χ2v) is 11.1. The number of anilines is 2. The number of morpholine rings is 2. The van der Waals surface area contributed by atoms with Gasteiger partial charge in [-0.05, 0) is 49.9 Å². The summed E-state index contributed by atoms with van der Waals surface area (Å²) < 4.78 is 16.5. The number of carbonyl (C=O) groups is 4. The monoisotopic (exact) mass is 610 g/mol. The van der Waals surface area contributed by atoms with Gasteiger partial charge in [-0.25, -0.2) is 9.97 Å². The molecule has 6 rings (SSSR count). The van der Waals surface area contributed by atoms with Crippen LogP contribution >= 0.6 is 11.6 Å². The van der Waals surface area contributed by atoms with Gasteiger partial charge < -0.3 is 34.3 Å². The number of ether oxygens (including phenoxy) is 2. The average molecular weight is 611 g/mol. The van der Waals surface area contributed by atoms with E-state index in [9.17, 15) is 19.2 Å². The Morgan fingerprint density at radius 3 is 2.42 bits per heavy atom. The van der Waals surface area contributed by atoms with Crippen molar-refractivity contribution in [3.8, 4) is 0 Å². The predicted molar refractivity (Wildman–Crippen MR) is 155 cm³/mol. The maximum absolute atomic E-state index is 13.6. The van der Waals surface area contributed by atoms with Crippen LogP contribution in [0.5, 0.6) is 0 Å². The standard InChI is InChI=1S/C29H31ClN6O7/c30-18-3-8-22(31-15-18)33-28(39)26-25(24-21(43-26)7-6-20(32-24)29(40)35-9-12-41-13-10-35)34-27(38)17-1-4-19(5-2-17)36-11-14-42-16-23(36)37/h3,6-8,15,17,19H,1-2,4-5,9-14,16H2,(H,34,38)(H,31,33,39). The van der Waals surface area contributed by atoms with Crippen molar-refractivity contribution in [1.82, 2.24) is 19.8 Å². The lowest BCUT2D eigenvalue weighted by atomic mass is 9.84. The predicted octanol–water partition coefficient (Wildman–Crippen LogP) is 2.96. The summed E-state index contributed by atoms with van der Waals surface area (Å²) in [7, 11) is 0. The summed E-state index contributed by atoms with van der Waals surface area (Å²) in [5, 5.41) is 5.95. The molecule has 2 aliphatic heterocycles. The molecule has 1 aliphatic carbocycles. The first-order valence-corrected chi connectivity index (χ1v) is 14.7. The Bertz CT molecular complexity index is 1530. The van der Waals surface area contributed by atoms with Crippen molar-refractivity contribution in [3.05, 3.63) is 46.9 Å². The molecule has 3 aromatic heterocycles. The quantitative estimate of drug-likeness (QED) is 0.428. The number of fused-ring (bicyclic) bond motifs is 1. The summed E-state index contributed by atoms with van der Waals surface area (Å²) in [5.41, 5.74) is 0.660. The van der Waals surface area contributed by atoms with E-state index in [4.69, 9.17) is 25.5 Å². The summed E-state index contributed by atoms with van der Waals surface area (Å²) in [4.78, 5) is 64.5. The highest BCUT2D eigenvalue weighted by Crippen LogP contribution is 2.34. The molecule has 0 bridgehead atoms. The van der Waals surface area contributed by atoms with Crippen LogP contribution in [0.15, 0.2) is 34.9 Å². The average Bonchev–Trinajstić information content (AvgIpc) is 3.40. The normalized spacial score (nSPS) is 21.1. The van der Waals surface area contributed by atoms with Crippen LogP contribution < -0.4 is 10.6 Å². The Labute approximate surface area is 251 Å². The van der Waals surface area contributed by atoms with Crippen molar-refractivity contribution in [2.24, 2.45) is 5.92 Å². The number of amides is 4. The number of nitrogens with zero attached hydrogens (tertiary/aromatic N) is 4. The molecule has 3 fully saturated rings. The lowest BCUT2D eigenvalue weighted by Crippen LogP contribution is -2.49. The number of hydrogen-bond acceptors (Lipinski definition) is 9. The van der Waals surface area contributed by atoms with Crippen LogP contribution in [0.3, 0.4) is 0 Å². The molecule has 0 radical (unpaired) electrons. The fraction of sp³-hybridized carbons (Fsp3) is 0.448. The summed E-state index contributed by atoms with van der Waals surface area (Å²) in [5.74, 6) is -1.53. The van der Waals surface area contributed by atoms with Gasteiger partial charge in [-0.1, -0.05) is 11.6 Å². The molecular weight excluding hydrogens is 580 g/mol. The summed E-state index contributed by atoms with van der Waals surface area (Å²) in [6, 6.07) is 6.28. The molecule has 2 N–H and O–H groups in total. The van der Waals surface area contributed by atoms with Crippen molar-refractivity contribution >= 4 is 57.8 Å². The molecule has 0 unspecified atom stereocenters. The Hall–Kier alpha value is -4.07. The van der Waals surface area contributed by atoms with E-state index < -0.39 is 5.91 Å². The molecular formula is C29H31ClN6O7. The number of carbonyl (C=O) groups excluding carboxylic acids is 4. The summed E-state index contributed by atoms with van der Waals surface area (Å²) >= 11 is 5.92. The largest absolute Gasteiger partial charge is 0.447 e. The summed E-state index contributed by atoms with van der Waals surface area (Å²) in [6.45, 7) is 2.91. The molecule has 14 heteroatoms. The van der Waals surface area contributed by atoms with Crippen LogP contribution in [0.1, 0.15) is 46.7 Å². The van der Waals surface area contributed by atoms with E-state index in [0.717, 1.165) is 0 Å². The Balaban J connectivity index is 1.25. The highest BCUT2D eigenvalue weighted by atomic mass is 35.5. The van der Waals surface area contributed by atoms with Gasteiger partial charge in [0.25, 0.3) is 11.8 Å². The Kier molecular flexibility index (Phi) is 8.54. The lowest BCUT2D eigenvalue weighted by Gasteiger charge is -2.38. The molecule has 13 nitrogen and oxygen atoms in total. The van der Waals surface area contributed by atoms with Crippen LogP contribution in [0, 0.1) is 5.92 Å². The molecule has 3 aliphatic rings. The molecule has 2 saturated heterocycles. The zero-order valence-corrected chi connectivity index (χ0v) is 24.1. The Morgan fingerprint density at radius 2 is 1.70 bits per heavy atom. The smallest absolute Gasteiger partial charge is 0.294 e. The maximum Gasteiger partial charge on any atom is 0.294 e. The van der Waals surface area contributed by atoms with Crippen molar-refractivity contribution in [3.63, 3.8) is 0 Å². The number of halogens is 1. The van der Waals surface area contributed by atoms with E-state index in [1.807, 2.05) is 4.90 Å². The van der Waals surface area contributed by atoms with E-state index in [2.05, 4.69) is 20.6 Å². The third kappa shape index (κ3) is 6.33. The van der Waals surface area contributed by atoms with Gasteiger partial charge in [0.05, 0.1) is 24.8 Å². The van der Waals surface area contributed by atoms with Gasteiger partial charge in [0.2, 0.25) is 17.6 Å². The maximum atomic E-state index is 13.6. The van der Waals surface area contributed by atoms with Crippen LogP contribution in [-0.4, -0.2) is 95.5 Å². The van der Waals surface area contributed by atoms with Crippen molar-refractivity contribution in [1.29, 1.82) is 0 Å². The van der Waals surface area contributed by atoms with Crippen molar-refractivity contribution in [2.45, 2.75) is 31.7 Å². The van der Waals surface area contributed by atoms with E-state index >= 15 is 0 Å². The number of hydrogen-bond donors (Lipinski definition) is 2. The van der Waals surface area contributed by atoms with Crippen LogP contribution in [0.25, 0.3) is 11.1 Å². The number of pyridine rings is 2. The third-order valence-electron chi connectivity index (χ3n) is 8.01. The molecule has 0 spiro atoms. The van der Waals surface area contributed by atoms with Gasteiger partial charge in [-0.2, -0.15) is 0 Å². The van der Waals surface area contributed by atoms with Gasteiger partial charge in [0.1, 0.15) is 29.3 Å². The molecule has 43 heavy (non-hydrogen) atoms. The van der Waals surface area contributed by atoms with Crippen LogP contribution in [0.2, 0.25) is 5.02 Å². The lowest BCUT2D eigenvalue weighted by molar-refractivity contribution is -0.146. The van der Waals surface area contributed by atoms with E-state index in [-0.39, 0.29) is 70.3 Å². The molecule has 1 saturated carbocycles. The van der Waals surface area contributed by atoms with Crippen molar-refractivity contribution < 1.29 is 33.1 Å². The number of rotatable bonds is 6. The topological polar surface area (TPSA) is 156 Å². The third-order valence-corrected chi connectivity index (χ3v) is 8.23. The van der Waals surface area contributed by atoms with Gasteiger partial charge in [0.15, 0.2) is 5.58 Å². The van der Waals surface area contributed by atoms with Gasteiger partial charge in [-0.15, -0.1) is 0 Å². The number of nitrogens with one attached hydrogen (secondary N) is 2. The molecule has 0 atom stereocenters. The first-order chi connectivity index (χ1) is 20.9. The van der Waals surface area contributed by atoms with Crippen LogP contribution in [-0.2, 0) is 19.1 Å². The van der Waals surface area contributed by atoms with Crippen LogP contribution in [0.4, 0.5) is 11.5 Å². The molecule has 3 aromatic rings. The minimum absolute atomic E-state index is 0.0247. The van der Waals surface area contributed by atoms with Gasteiger partial charge >= 0.3 is 0 Å². The Morgan fingerprint density at radius 1 is 0.930 bits per heavy atom. The molecule has 226 valence electrons. The fourth-order valence-corrected chi connectivity index (χ4v) is 5.83. The minimum atomic E-state index is -0.654. The highest BCUT2D eigenvalue weighted by molar-refractivity contribution is 6.30. The summed E-state index contributed by atoms with van der Waals surface area (Å²) in [6.07, 6.45) is 3.90. The highest BCUT2D eigenvalue weighted by Gasteiger charge is 2.34. The first kappa shape index (κ1) is 29.0. The zero-order chi connectivity index (χ0) is 29.9. The second kappa shape index (κ2) is 12.7. The molecule has 0 aromatic carbocycles. The van der Waals surface area contributed by atoms with Crippen molar-refractivity contribution in [2.75, 3.05) is 56.7 Å². The zero-order valence-electron chi connectivity index (χ0n) is 23.3. The fourth-order valence-electron chi connectivity index (χ4n) is 5.71. The molecule has 4 amide bonds. The number of furan rings is 1. The van der Waals surface area contributed by atoms with E-state index in [0.29, 0.717) is 70.2 Å². The number of aromatic nitrogens is 2. The van der Waals surface area contributed by atoms with E-state index in [1.54, 1.807) is 17.0 Å². The van der Waals surface area contributed by atoms with Gasteiger partial charge in [-0.3, -0.25) is 19.2 Å². The van der Waals surface area contributed by atoms with E-state index in [1.165, 1.54) is 18.3 Å². The minimum Gasteiger partial charge on any atom is -0.447 e. The SMILES string of the molecule is O=C(Nc1ccc(Cl)cn1)c1oc2ccc(C(=O)N3CCOCC3)nc2c1NC(=O)C1CCC(N2CCOCC2=O)CC1. The van der Waals surface area contributed by atoms with Gasteiger partial charge in [0, 0.05) is 37.8 Å². The first-order valence-electron chi connectivity index (χ1n) is 14.3. The molecule has 5 heterocycles. The second-order valence-electron chi connectivity index (χ2n) is 10.7.